The molecule has 5 heteroatoms. The number of aliphatic carboxylic acids is 1. The van der Waals surface area contributed by atoms with Crippen LogP contribution in [0, 0.1) is 0 Å². The number of carbonyl (C=O) groups is 2. The molecule has 0 aromatic heterocycles. The van der Waals surface area contributed by atoms with Crippen LogP contribution in [-0.4, -0.2) is 36.2 Å². The minimum atomic E-state index is -0.883. The molecule has 1 aromatic rings. The van der Waals surface area contributed by atoms with Crippen molar-refractivity contribution in [2.45, 2.75) is 37.7 Å². The van der Waals surface area contributed by atoms with Gasteiger partial charge in [-0.3, -0.25) is 9.59 Å². The van der Waals surface area contributed by atoms with Crippen LogP contribution >= 0.6 is 0 Å². The summed E-state index contributed by atoms with van der Waals surface area (Å²) in [7, 11) is 0. The molecule has 2 heterocycles. The summed E-state index contributed by atoms with van der Waals surface area (Å²) < 4.78 is 5.61. The molecule has 1 N–H and O–H groups in total. The summed E-state index contributed by atoms with van der Waals surface area (Å²) in [6, 6.07) is 7.25. The van der Waals surface area contributed by atoms with Gasteiger partial charge in [-0.25, -0.2) is 0 Å². The van der Waals surface area contributed by atoms with Crippen molar-refractivity contribution in [2.75, 3.05) is 18.1 Å². The van der Waals surface area contributed by atoms with Crippen molar-refractivity contribution >= 4 is 17.6 Å². The topological polar surface area (TPSA) is 66.8 Å². The zero-order valence-electron chi connectivity index (χ0n) is 11.8. The lowest BCUT2D eigenvalue weighted by atomic mass is 10.0. The van der Waals surface area contributed by atoms with Gasteiger partial charge in [-0.15, -0.1) is 0 Å². The van der Waals surface area contributed by atoms with Crippen LogP contribution in [0.25, 0.3) is 0 Å². The molecule has 1 saturated heterocycles. The SMILES string of the molecule is O=C(O)C1CN(C(=O)CC2CCCCO2)c2ccccc21. The summed E-state index contributed by atoms with van der Waals surface area (Å²) in [6.07, 6.45) is 3.36. The summed E-state index contributed by atoms with van der Waals surface area (Å²) in [5.74, 6) is -1.55. The largest absolute Gasteiger partial charge is 0.481 e. The predicted octanol–water partition coefficient (Wildman–Crippen LogP) is 2.16. The second-order valence-corrected chi connectivity index (χ2v) is 5.65. The van der Waals surface area contributed by atoms with Crippen molar-refractivity contribution in [1.29, 1.82) is 0 Å². The second-order valence-electron chi connectivity index (χ2n) is 5.65. The summed E-state index contributed by atoms with van der Waals surface area (Å²) >= 11 is 0. The predicted molar refractivity (Wildman–Crippen MR) is 77.4 cm³/mol. The van der Waals surface area contributed by atoms with Gasteiger partial charge in [0.1, 0.15) is 5.92 Å². The Bertz CT molecular complexity index is 551. The first-order valence-corrected chi connectivity index (χ1v) is 7.40. The van der Waals surface area contributed by atoms with E-state index in [1.807, 2.05) is 18.2 Å². The van der Waals surface area contributed by atoms with Crippen LogP contribution in [0.1, 0.15) is 37.2 Å². The number of amides is 1. The zero-order chi connectivity index (χ0) is 14.8. The van der Waals surface area contributed by atoms with E-state index >= 15 is 0 Å². The van der Waals surface area contributed by atoms with Crippen LogP contribution < -0.4 is 4.90 Å². The van der Waals surface area contributed by atoms with Crippen LogP contribution in [0.2, 0.25) is 0 Å². The Morgan fingerprint density at radius 1 is 1.29 bits per heavy atom. The highest BCUT2D eigenvalue weighted by Crippen LogP contribution is 2.36. The number of carboxylic acids is 1. The van der Waals surface area contributed by atoms with Gasteiger partial charge in [-0.1, -0.05) is 18.2 Å². The molecule has 112 valence electrons. The summed E-state index contributed by atoms with van der Waals surface area (Å²) in [4.78, 5) is 25.5. The molecule has 0 bridgehead atoms. The number of ether oxygens (including phenoxy) is 1. The summed E-state index contributed by atoms with van der Waals surface area (Å²) in [6.45, 7) is 0.937. The number of carbonyl (C=O) groups excluding carboxylic acids is 1. The fourth-order valence-corrected chi connectivity index (χ4v) is 3.13. The molecule has 0 saturated carbocycles. The van der Waals surface area contributed by atoms with Gasteiger partial charge in [0.2, 0.25) is 5.91 Å². The van der Waals surface area contributed by atoms with Gasteiger partial charge in [-0.05, 0) is 30.9 Å². The number of fused-ring (bicyclic) bond motifs is 1. The molecule has 0 aliphatic carbocycles. The van der Waals surface area contributed by atoms with E-state index < -0.39 is 11.9 Å². The average Bonchev–Trinajstić information content (AvgIpc) is 2.88. The molecule has 2 atom stereocenters. The third-order valence-corrected chi connectivity index (χ3v) is 4.24. The number of carboxylic acid groups (broad SMARTS) is 1. The lowest BCUT2D eigenvalue weighted by Gasteiger charge is -2.25. The number of hydrogen-bond acceptors (Lipinski definition) is 3. The van der Waals surface area contributed by atoms with Crippen molar-refractivity contribution in [3.05, 3.63) is 29.8 Å². The maximum atomic E-state index is 12.5. The Morgan fingerprint density at radius 3 is 2.81 bits per heavy atom. The van der Waals surface area contributed by atoms with Crippen LogP contribution in [-0.2, 0) is 14.3 Å². The van der Waals surface area contributed by atoms with E-state index in [1.165, 1.54) is 0 Å². The van der Waals surface area contributed by atoms with E-state index in [0.29, 0.717) is 13.0 Å². The molecule has 0 radical (unpaired) electrons. The molecule has 1 amide bonds. The molecule has 2 unspecified atom stereocenters. The van der Waals surface area contributed by atoms with Gasteiger partial charge in [0.05, 0.1) is 12.5 Å². The molecule has 2 aliphatic rings. The fourth-order valence-electron chi connectivity index (χ4n) is 3.13. The minimum absolute atomic E-state index is 0.0257. The highest BCUT2D eigenvalue weighted by atomic mass is 16.5. The van der Waals surface area contributed by atoms with Gasteiger partial charge >= 0.3 is 5.97 Å². The Hall–Kier alpha value is -1.88. The van der Waals surface area contributed by atoms with Crippen molar-refractivity contribution < 1.29 is 19.4 Å². The maximum Gasteiger partial charge on any atom is 0.312 e. The van der Waals surface area contributed by atoms with E-state index in [9.17, 15) is 14.7 Å². The quantitative estimate of drug-likeness (QED) is 0.926. The Balaban J connectivity index is 1.76. The normalized spacial score (nSPS) is 24.7. The van der Waals surface area contributed by atoms with Crippen LogP contribution in [0.4, 0.5) is 5.69 Å². The van der Waals surface area contributed by atoms with E-state index in [1.54, 1.807) is 11.0 Å². The third kappa shape index (κ3) is 2.78. The van der Waals surface area contributed by atoms with E-state index in [4.69, 9.17) is 4.74 Å². The monoisotopic (exact) mass is 289 g/mol. The highest BCUT2D eigenvalue weighted by molar-refractivity contribution is 5.99. The van der Waals surface area contributed by atoms with Crippen LogP contribution in [0.3, 0.4) is 0 Å². The van der Waals surface area contributed by atoms with Crippen LogP contribution in [0.15, 0.2) is 24.3 Å². The Labute approximate surface area is 123 Å². The summed E-state index contributed by atoms with van der Waals surface area (Å²) in [5.41, 5.74) is 1.45. The van der Waals surface area contributed by atoms with Gasteiger partial charge in [-0.2, -0.15) is 0 Å². The smallest absolute Gasteiger partial charge is 0.312 e. The van der Waals surface area contributed by atoms with Crippen molar-refractivity contribution in [1.82, 2.24) is 0 Å². The molecular weight excluding hydrogens is 270 g/mol. The highest BCUT2D eigenvalue weighted by Gasteiger charge is 2.36. The number of hydrogen-bond donors (Lipinski definition) is 1. The number of para-hydroxylation sites is 1. The Morgan fingerprint density at radius 2 is 2.10 bits per heavy atom. The van der Waals surface area contributed by atoms with Crippen molar-refractivity contribution in [3.63, 3.8) is 0 Å². The van der Waals surface area contributed by atoms with Crippen LogP contribution in [0.5, 0.6) is 0 Å². The van der Waals surface area contributed by atoms with Crippen molar-refractivity contribution in [2.24, 2.45) is 0 Å². The first-order chi connectivity index (χ1) is 10.2. The number of anilines is 1. The molecule has 0 spiro atoms. The lowest BCUT2D eigenvalue weighted by Crippen LogP contribution is -2.35. The molecule has 1 fully saturated rings. The molecule has 2 aliphatic heterocycles. The van der Waals surface area contributed by atoms with Gasteiger partial charge in [0, 0.05) is 18.8 Å². The number of benzene rings is 1. The standard InChI is InChI=1S/C16H19NO4/c18-15(9-11-5-3-4-8-21-11)17-10-13(16(19)20)12-6-1-2-7-14(12)17/h1-2,6-7,11,13H,3-5,8-10H2,(H,19,20). The zero-order valence-corrected chi connectivity index (χ0v) is 11.8. The van der Waals surface area contributed by atoms with Crippen molar-refractivity contribution in [3.8, 4) is 0 Å². The second kappa shape index (κ2) is 5.85. The fraction of sp³-hybridized carbons (Fsp3) is 0.500. The third-order valence-electron chi connectivity index (χ3n) is 4.24. The maximum absolute atomic E-state index is 12.5. The van der Waals surface area contributed by atoms with E-state index in [0.717, 1.165) is 30.5 Å². The molecule has 3 rings (SSSR count). The molecule has 5 nitrogen and oxygen atoms in total. The van der Waals surface area contributed by atoms with Gasteiger partial charge in [0.25, 0.3) is 0 Å². The van der Waals surface area contributed by atoms with Gasteiger partial charge < -0.3 is 14.7 Å². The van der Waals surface area contributed by atoms with E-state index in [2.05, 4.69) is 0 Å². The number of nitrogens with zero attached hydrogens (tertiary/aromatic N) is 1. The van der Waals surface area contributed by atoms with E-state index in [-0.39, 0.29) is 18.6 Å². The van der Waals surface area contributed by atoms with Gasteiger partial charge in [0.15, 0.2) is 0 Å². The first kappa shape index (κ1) is 14.1. The molecule has 21 heavy (non-hydrogen) atoms. The lowest BCUT2D eigenvalue weighted by molar-refractivity contribution is -0.138. The molecular formula is C16H19NO4. The average molecular weight is 289 g/mol. The Kier molecular flexibility index (Phi) is 3.92. The summed E-state index contributed by atoms with van der Waals surface area (Å²) in [5, 5.41) is 9.32. The molecule has 1 aromatic carbocycles. The minimum Gasteiger partial charge on any atom is -0.481 e. The first-order valence-electron chi connectivity index (χ1n) is 7.40. The number of rotatable bonds is 3.